The van der Waals surface area contributed by atoms with Crippen LogP contribution in [0.25, 0.3) is 0 Å². The first-order valence-electron chi connectivity index (χ1n) is 5.85. The molecule has 1 fully saturated rings. The molecule has 0 unspecified atom stereocenters. The first-order valence-corrected chi connectivity index (χ1v) is 5.85. The van der Waals surface area contributed by atoms with Gasteiger partial charge in [-0.3, -0.25) is 4.90 Å². The molecule has 2 rings (SSSR count). The zero-order valence-electron chi connectivity index (χ0n) is 10.0. The zero-order chi connectivity index (χ0) is 11.5. The van der Waals surface area contributed by atoms with Crippen molar-refractivity contribution in [1.29, 1.82) is 0 Å². The fourth-order valence-corrected chi connectivity index (χ4v) is 2.29. The van der Waals surface area contributed by atoms with Crippen LogP contribution >= 0.6 is 0 Å². The van der Waals surface area contributed by atoms with Crippen LogP contribution in [-0.2, 0) is 11.3 Å². The van der Waals surface area contributed by atoms with E-state index in [1.54, 1.807) is 0 Å². The third kappa shape index (κ3) is 2.97. The molecule has 0 amide bonds. The summed E-state index contributed by atoms with van der Waals surface area (Å²) in [6, 6.07) is 8.12. The Morgan fingerprint density at radius 1 is 1.19 bits per heavy atom. The van der Waals surface area contributed by atoms with Gasteiger partial charge in [0, 0.05) is 25.3 Å². The van der Waals surface area contributed by atoms with E-state index in [-0.39, 0.29) is 0 Å². The van der Waals surface area contributed by atoms with Crippen LogP contribution in [0.3, 0.4) is 0 Å². The topological polar surface area (TPSA) is 38.5 Å². The second-order valence-corrected chi connectivity index (χ2v) is 4.69. The second-order valence-electron chi connectivity index (χ2n) is 4.69. The number of rotatable bonds is 2. The van der Waals surface area contributed by atoms with Crippen LogP contribution in [0.5, 0.6) is 0 Å². The molecular formula is C13H20N2O. The maximum atomic E-state index is 5.71. The van der Waals surface area contributed by atoms with Crippen molar-refractivity contribution in [2.75, 3.05) is 18.8 Å². The Morgan fingerprint density at radius 2 is 1.75 bits per heavy atom. The number of morpholine rings is 1. The van der Waals surface area contributed by atoms with E-state index in [4.69, 9.17) is 10.5 Å². The summed E-state index contributed by atoms with van der Waals surface area (Å²) in [5, 5.41) is 0. The number of benzene rings is 1. The maximum Gasteiger partial charge on any atom is 0.0678 e. The number of nitrogen functional groups attached to an aromatic ring is 1. The van der Waals surface area contributed by atoms with Crippen LogP contribution in [0, 0.1) is 0 Å². The molecule has 88 valence electrons. The van der Waals surface area contributed by atoms with Crippen molar-refractivity contribution in [3.63, 3.8) is 0 Å². The van der Waals surface area contributed by atoms with Gasteiger partial charge < -0.3 is 10.5 Å². The van der Waals surface area contributed by atoms with Crippen molar-refractivity contribution in [2.45, 2.75) is 32.6 Å². The molecule has 0 radical (unpaired) electrons. The first kappa shape index (κ1) is 11.4. The van der Waals surface area contributed by atoms with E-state index in [9.17, 15) is 0 Å². The van der Waals surface area contributed by atoms with Crippen molar-refractivity contribution in [3.05, 3.63) is 29.8 Å². The highest BCUT2D eigenvalue weighted by Crippen LogP contribution is 2.14. The summed E-state index contributed by atoms with van der Waals surface area (Å²) in [7, 11) is 0. The third-order valence-corrected chi connectivity index (χ3v) is 2.88. The number of ether oxygens (including phenoxy) is 1. The molecule has 0 aromatic heterocycles. The molecular weight excluding hydrogens is 200 g/mol. The Labute approximate surface area is 97.2 Å². The minimum atomic E-state index is 0.331. The summed E-state index contributed by atoms with van der Waals surface area (Å²) < 4.78 is 5.71. The van der Waals surface area contributed by atoms with Crippen LogP contribution in [0.4, 0.5) is 5.69 Å². The van der Waals surface area contributed by atoms with E-state index in [0.717, 1.165) is 25.3 Å². The first-order chi connectivity index (χ1) is 7.63. The lowest BCUT2D eigenvalue weighted by atomic mass is 10.1. The second kappa shape index (κ2) is 4.85. The minimum Gasteiger partial charge on any atom is -0.399 e. The fourth-order valence-electron chi connectivity index (χ4n) is 2.29. The average molecular weight is 220 g/mol. The van der Waals surface area contributed by atoms with Gasteiger partial charge in [-0.2, -0.15) is 0 Å². The van der Waals surface area contributed by atoms with Crippen LogP contribution in [0.15, 0.2) is 24.3 Å². The number of nitrogens with zero attached hydrogens (tertiary/aromatic N) is 1. The largest absolute Gasteiger partial charge is 0.399 e. The summed E-state index contributed by atoms with van der Waals surface area (Å²) in [6.45, 7) is 7.26. The van der Waals surface area contributed by atoms with Gasteiger partial charge in [0.05, 0.1) is 12.2 Å². The van der Waals surface area contributed by atoms with Gasteiger partial charge >= 0.3 is 0 Å². The third-order valence-electron chi connectivity index (χ3n) is 2.88. The number of hydrogen-bond acceptors (Lipinski definition) is 3. The molecule has 0 aliphatic carbocycles. The Kier molecular flexibility index (Phi) is 3.46. The number of hydrogen-bond donors (Lipinski definition) is 1. The number of anilines is 1. The highest BCUT2D eigenvalue weighted by molar-refractivity contribution is 5.39. The van der Waals surface area contributed by atoms with Gasteiger partial charge in [-0.05, 0) is 31.5 Å². The summed E-state index contributed by atoms with van der Waals surface area (Å²) in [5.74, 6) is 0. The Hall–Kier alpha value is -1.06. The molecule has 1 aromatic rings. The lowest BCUT2D eigenvalue weighted by Gasteiger charge is -2.35. The van der Waals surface area contributed by atoms with Crippen molar-refractivity contribution < 1.29 is 4.74 Å². The van der Waals surface area contributed by atoms with Gasteiger partial charge in [0.2, 0.25) is 0 Å². The van der Waals surface area contributed by atoms with E-state index in [2.05, 4.69) is 30.9 Å². The SMILES string of the molecule is C[C@@H]1CN(Cc2ccc(N)cc2)C[C@@H](C)O1. The van der Waals surface area contributed by atoms with Gasteiger partial charge in [-0.1, -0.05) is 12.1 Å². The normalized spacial score (nSPS) is 26.9. The lowest BCUT2D eigenvalue weighted by Crippen LogP contribution is -2.44. The van der Waals surface area contributed by atoms with Crippen molar-refractivity contribution >= 4 is 5.69 Å². The van der Waals surface area contributed by atoms with E-state index in [0.29, 0.717) is 12.2 Å². The molecule has 0 bridgehead atoms. The van der Waals surface area contributed by atoms with Gasteiger partial charge in [0.1, 0.15) is 0 Å². The molecule has 0 saturated carbocycles. The van der Waals surface area contributed by atoms with E-state index in [1.165, 1.54) is 5.56 Å². The predicted octanol–water partition coefficient (Wildman–Crippen LogP) is 1.88. The van der Waals surface area contributed by atoms with E-state index < -0.39 is 0 Å². The van der Waals surface area contributed by atoms with E-state index in [1.807, 2.05) is 12.1 Å². The highest BCUT2D eigenvalue weighted by Gasteiger charge is 2.21. The van der Waals surface area contributed by atoms with Crippen LogP contribution in [0.2, 0.25) is 0 Å². The van der Waals surface area contributed by atoms with Crippen LogP contribution in [-0.4, -0.2) is 30.2 Å². The fraction of sp³-hybridized carbons (Fsp3) is 0.538. The smallest absolute Gasteiger partial charge is 0.0678 e. The molecule has 0 spiro atoms. The highest BCUT2D eigenvalue weighted by atomic mass is 16.5. The Morgan fingerprint density at radius 3 is 2.31 bits per heavy atom. The summed E-state index contributed by atoms with van der Waals surface area (Å²) >= 11 is 0. The van der Waals surface area contributed by atoms with E-state index >= 15 is 0 Å². The molecule has 1 aromatic carbocycles. The summed E-state index contributed by atoms with van der Waals surface area (Å²) in [6.07, 6.45) is 0.662. The van der Waals surface area contributed by atoms with Crippen molar-refractivity contribution in [1.82, 2.24) is 4.90 Å². The van der Waals surface area contributed by atoms with Crippen LogP contribution < -0.4 is 5.73 Å². The quantitative estimate of drug-likeness (QED) is 0.773. The molecule has 3 heteroatoms. The summed E-state index contributed by atoms with van der Waals surface area (Å²) in [5.41, 5.74) is 7.81. The van der Waals surface area contributed by atoms with Gasteiger partial charge in [0.25, 0.3) is 0 Å². The lowest BCUT2D eigenvalue weighted by molar-refractivity contribution is -0.0704. The monoisotopic (exact) mass is 220 g/mol. The molecule has 1 saturated heterocycles. The molecule has 1 aliphatic heterocycles. The molecule has 3 nitrogen and oxygen atoms in total. The van der Waals surface area contributed by atoms with Gasteiger partial charge in [-0.15, -0.1) is 0 Å². The van der Waals surface area contributed by atoms with Gasteiger partial charge in [-0.25, -0.2) is 0 Å². The standard InChI is InChI=1S/C13H20N2O/c1-10-7-15(8-11(2)16-10)9-12-3-5-13(14)6-4-12/h3-6,10-11H,7-9,14H2,1-2H3/t10-,11-/m1/s1. The molecule has 2 atom stereocenters. The minimum absolute atomic E-state index is 0.331. The van der Waals surface area contributed by atoms with Crippen molar-refractivity contribution in [2.24, 2.45) is 0 Å². The molecule has 16 heavy (non-hydrogen) atoms. The predicted molar refractivity (Wildman–Crippen MR) is 66.1 cm³/mol. The Bertz CT molecular complexity index is 326. The van der Waals surface area contributed by atoms with Crippen LogP contribution in [0.1, 0.15) is 19.4 Å². The molecule has 2 N–H and O–H groups in total. The average Bonchev–Trinajstić information content (AvgIpc) is 2.20. The maximum absolute atomic E-state index is 5.71. The number of nitrogens with two attached hydrogens (primary N) is 1. The van der Waals surface area contributed by atoms with Crippen molar-refractivity contribution in [3.8, 4) is 0 Å². The zero-order valence-corrected chi connectivity index (χ0v) is 10.0. The molecule has 1 heterocycles. The van der Waals surface area contributed by atoms with Gasteiger partial charge in [0.15, 0.2) is 0 Å². The molecule has 1 aliphatic rings. The Balaban J connectivity index is 1.96. The summed E-state index contributed by atoms with van der Waals surface area (Å²) in [4.78, 5) is 2.43.